The molecule has 0 fully saturated rings. The Kier molecular flexibility index (Phi) is 12.6. The van der Waals surface area contributed by atoms with Crippen molar-refractivity contribution in [1.82, 2.24) is 25.3 Å². The first kappa shape index (κ1) is 25.4. The monoisotopic (exact) mass is 512 g/mol. The first-order valence-corrected chi connectivity index (χ1v) is 10.5. The Morgan fingerprint density at radius 3 is 2.55 bits per heavy atom. The first-order chi connectivity index (χ1) is 13.7. The van der Waals surface area contributed by atoms with Gasteiger partial charge in [0.15, 0.2) is 5.96 Å². The second kappa shape index (κ2) is 14.4. The fraction of sp³-hybridized carbons (Fsp3) is 0.545. The highest BCUT2D eigenvalue weighted by Gasteiger charge is 2.07. The van der Waals surface area contributed by atoms with Crippen molar-refractivity contribution in [2.75, 3.05) is 26.2 Å². The molecule has 1 aromatic heterocycles. The van der Waals surface area contributed by atoms with E-state index in [0.29, 0.717) is 12.6 Å². The van der Waals surface area contributed by atoms with E-state index in [-0.39, 0.29) is 24.0 Å². The molecule has 2 rings (SSSR count). The fourth-order valence-corrected chi connectivity index (χ4v) is 3.12. The molecule has 0 radical (unpaired) electrons. The Morgan fingerprint density at radius 2 is 1.90 bits per heavy atom. The van der Waals surface area contributed by atoms with E-state index in [9.17, 15) is 0 Å². The quantitative estimate of drug-likeness (QED) is 0.271. The Labute approximate surface area is 193 Å². The topological polar surface area (TPSA) is 57.5 Å². The van der Waals surface area contributed by atoms with Gasteiger partial charge in [0.25, 0.3) is 0 Å². The Bertz CT molecular complexity index is 696. The third-order valence-corrected chi connectivity index (χ3v) is 4.81. The lowest BCUT2D eigenvalue weighted by Gasteiger charge is -2.21. The summed E-state index contributed by atoms with van der Waals surface area (Å²) in [5, 5.41) is 11.3. The SMILES string of the molecule is CCNC(=NCc1cnn(-c2ccccc2)c1)NC(C)CCCN(CC)CC.I. The maximum Gasteiger partial charge on any atom is 0.191 e. The van der Waals surface area contributed by atoms with Gasteiger partial charge in [-0.15, -0.1) is 24.0 Å². The molecular weight excluding hydrogens is 475 g/mol. The molecule has 0 amide bonds. The minimum atomic E-state index is 0. The summed E-state index contributed by atoms with van der Waals surface area (Å²) in [5.74, 6) is 0.866. The number of hydrogen-bond acceptors (Lipinski definition) is 3. The third kappa shape index (κ3) is 9.16. The number of benzene rings is 1. The number of aromatic nitrogens is 2. The van der Waals surface area contributed by atoms with Gasteiger partial charge < -0.3 is 15.5 Å². The highest BCUT2D eigenvalue weighted by atomic mass is 127. The summed E-state index contributed by atoms with van der Waals surface area (Å²) in [6.07, 6.45) is 6.25. The van der Waals surface area contributed by atoms with E-state index in [1.54, 1.807) is 0 Å². The van der Waals surface area contributed by atoms with Gasteiger partial charge in [-0.3, -0.25) is 0 Å². The summed E-state index contributed by atoms with van der Waals surface area (Å²) in [4.78, 5) is 7.21. The van der Waals surface area contributed by atoms with Crippen LogP contribution in [0.25, 0.3) is 5.69 Å². The molecule has 6 nitrogen and oxygen atoms in total. The largest absolute Gasteiger partial charge is 0.357 e. The van der Waals surface area contributed by atoms with Gasteiger partial charge in [0.1, 0.15) is 0 Å². The van der Waals surface area contributed by atoms with E-state index in [0.717, 1.165) is 49.8 Å². The molecule has 1 heterocycles. The van der Waals surface area contributed by atoms with E-state index in [4.69, 9.17) is 4.99 Å². The smallest absolute Gasteiger partial charge is 0.191 e. The maximum atomic E-state index is 4.74. The van der Waals surface area contributed by atoms with Crippen LogP contribution in [0.1, 0.15) is 46.1 Å². The van der Waals surface area contributed by atoms with Crippen molar-refractivity contribution in [2.45, 2.75) is 53.1 Å². The van der Waals surface area contributed by atoms with Crippen molar-refractivity contribution in [1.29, 1.82) is 0 Å². The molecule has 0 saturated carbocycles. The molecule has 0 aliphatic heterocycles. The van der Waals surface area contributed by atoms with Crippen molar-refractivity contribution >= 4 is 29.9 Å². The van der Waals surface area contributed by atoms with Crippen molar-refractivity contribution < 1.29 is 0 Å². The predicted molar refractivity (Wildman–Crippen MR) is 133 cm³/mol. The highest BCUT2D eigenvalue weighted by Crippen LogP contribution is 2.08. The molecule has 2 aromatic rings. The average Bonchev–Trinajstić information content (AvgIpc) is 3.19. The van der Waals surface area contributed by atoms with E-state index < -0.39 is 0 Å². The van der Waals surface area contributed by atoms with Crippen LogP contribution in [0, 0.1) is 0 Å². The number of guanidine groups is 1. The van der Waals surface area contributed by atoms with Crippen LogP contribution in [-0.4, -0.2) is 52.9 Å². The molecule has 0 spiro atoms. The molecule has 0 aliphatic carbocycles. The molecular formula is C22H37IN6. The highest BCUT2D eigenvalue weighted by molar-refractivity contribution is 14.0. The van der Waals surface area contributed by atoms with Crippen LogP contribution < -0.4 is 10.6 Å². The second-order valence-corrected chi connectivity index (χ2v) is 7.04. The Morgan fingerprint density at radius 1 is 1.17 bits per heavy atom. The number of nitrogens with zero attached hydrogens (tertiary/aromatic N) is 4. The van der Waals surface area contributed by atoms with Gasteiger partial charge in [-0.05, 0) is 58.5 Å². The normalized spacial score (nSPS) is 12.5. The van der Waals surface area contributed by atoms with Gasteiger partial charge in [-0.2, -0.15) is 5.10 Å². The minimum Gasteiger partial charge on any atom is -0.357 e. The van der Waals surface area contributed by atoms with Crippen molar-refractivity contribution in [2.24, 2.45) is 4.99 Å². The predicted octanol–water partition coefficient (Wildman–Crippen LogP) is 4.06. The van der Waals surface area contributed by atoms with Crippen molar-refractivity contribution in [3.8, 4) is 5.69 Å². The molecule has 162 valence electrons. The number of nitrogens with one attached hydrogen (secondary N) is 2. The molecule has 1 atom stereocenters. The standard InChI is InChI=1S/C22H36N6.HI/c1-5-23-22(26-19(4)12-11-15-27(6-2)7-3)24-16-20-17-25-28(18-20)21-13-9-8-10-14-21;/h8-10,13-14,17-19H,5-7,11-12,15-16H2,1-4H3,(H2,23,24,26);1H. The van der Waals surface area contributed by atoms with E-state index in [1.165, 1.54) is 6.42 Å². The lowest BCUT2D eigenvalue weighted by Crippen LogP contribution is -2.42. The summed E-state index contributed by atoms with van der Waals surface area (Å²) in [7, 11) is 0. The lowest BCUT2D eigenvalue weighted by molar-refractivity contribution is 0.292. The van der Waals surface area contributed by atoms with Crippen molar-refractivity contribution in [3.63, 3.8) is 0 Å². The molecule has 1 unspecified atom stereocenters. The molecule has 0 aliphatic rings. The van der Waals surface area contributed by atoms with E-state index >= 15 is 0 Å². The van der Waals surface area contributed by atoms with Crippen LogP contribution in [-0.2, 0) is 6.54 Å². The molecule has 1 aromatic carbocycles. The van der Waals surface area contributed by atoms with Gasteiger partial charge in [0.05, 0.1) is 18.4 Å². The van der Waals surface area contributed by atoms with Gasteiger partial charge in [0.2, 0.25) is 0 Å². The van der Waals surface area contributed by atoms with Crippen LogP contribution in [0.3, 0.4) is 0 Å². The number of hydrogen-bond donors (Lipinski definition) is 2. The van der Waals surface area contributed by atoms with E-state index in [1.807, 2.05) is 47.4 Å². The van der Waals surface area contributed by atoms with Gasteiger partial charge >= 0.3 is 0 Å². The van der Waals surface area contributed by atoms with Crippen LogP contribution in [0.2, 0.25) is 0 Å². The zero-order valence-corrected chi connectivity index (χ0v) is 20.6. The molecule has 29 heavy (non-hydrogen) atoms. The summed E-state index contributed by atoms with van der Waals surface area (Å²) < 4.78 is 1.89. The molecule has 7 heteroatoms. The summed E-state index contributed by atoms with van der Waals surface area (Å²) in [6.45, 7) is 13.6. The van der Waals surface area contributed by atoms with Crippen LogP contribution >= 0.6 is 24.0 Å². The number of aliphatic imine (C=N–C) groups is 1. The Balaban J connectivity index is 0.00000420. The van der Waals surface area contributed by atoms with E-state index in [2.05, 4.69) is 48.3 Å². The second-order valence-electron chi connectivity index (χ2n) is 7.04. The first-order valence-electron chi connectivity index (χ1n) is 10.5. The van der Waals surface area contributed by atoms with Crippen LogP contribution in [0.5, 0.6) is 0 Å². The van der Waals surface area contributed by atoms with Gasteiger partial charge in [-0.25, -0.2) is 9.67 Å². The maximum absolute atomic E-state index is 4.74. The molecule has 0 saturated heterocycles. The lowest BCUT2D eigenvalue weighted by atomic mass is 10.2. The zero-order chi connectivity index (χ0) is 20.2. The molecule has 0 bridgehead atoms. The number of rotatable bonds is 11. The molecule has 2 N–H and O–H groups in total. The summed E-state index contributed by atoms with van der Waals surface area (Å²) >= 11 is 0. The Hall–Kier alpha value is -1.61. The fourth-order valence-electron chi connectivity index (χ4n) is 3.12. The van der Waals surface area contributed by atoms with Crippen LogP contribution in [0.4, 0.5) is 0 Å². The summed E-state index contributed by atoms with van der Waals surface area (Å²) in [5.41, 5.74) is 2.15. The van der Waals surface area contributed by atoms with Gasteiger partial charge in [0, 0.05) is 24.3 Å². The number of para-hydroxylation sites is 1. The average molecular weight is 512 g/mol. The zero-order valence-electron chi connectivity index (χ0n) is 18.3. The van der Waals surface area contributed by atoms with Crippen molar-refractivity contribution in [3.05, 3.63) is 48.3 Å². The third-order valence-electron chi connectivity index (χ3n) is 4.81. The summed E-state index contributed by atoms with van der Waals surface area (Å²) in [6, 6.07) is 10.5. The van der Waals surface area contributed by atoms with Crippen LogP contribution in [0.15, 0.2) is 47.7 Å². The van der Waals surface area contributed by atoms with Gasteiger partial charge in [-0.1, -0.05) is 32.0 Å². The minimum absolute atomic E-state index is 0. The number of halogens is 1.